The first kappa shape index (κ1) is 19.4. The van der Waals surface area contributed by atoms with Crippen molar-refractivity contribution in [2.24, 2.45) is 11.8 Å². The molecule has 144 valence electrons. The first-order chi connectivity index (χ1) is 12.4. The summed E-state index contributed by atoms with van der Waals surface area (Å²) in [5.74, 6) is 1.06. The van der Waals surface area contributed by atoms with Crippen molar-refractivity contribution in [1.29, 1.82) is 0 Å². The number of hydrogen-bond acceptors (Lipinski definition) is 4. The maximum Gasteiger partial charge on any atom is 0.220 e. The lowest BCUT2D eigenvalue weighted by Gasteiger charge is -2.31. The molecule has 2 saturated heterocycles. The molecule has 26 heavy (non-hydrogen) atoms. The monoisotopic (exact) mass is 378 g/mol. The number of benzene rings is 1. The van der Waals surface area contributed by atoms with Crippen LogP contribution in [0.15, 0.2) is 24.3 Å². The number of rotatable bonds is 6. The Kier molecular flexibility index (Phi) is 6.35. The second kappa shape index (κ2) is 8.53. The lowest BCUT2D eigenvalue weighted by atomic mass is 9.99. The number of piperidine rings is 1. The molecule has 1 amide bonds. The molecule has 2 aliphatic rings. The molecule has 3 rings (SSSR count). The van der Waals surface area contributed by atoms with Crippen LogP contribution < -0.4 is 5.32 Å². The Hall–Kier alpha value is -1.40. The highest BCUT2D eigenvalue weighted by Crippen LogP contribution is 2.22. The second-order valence-corrected chi connectivity index (χ2v) is 10.2. The number of hydrogen-bond donors (Lipinski definition) is 1. The van der Waals surface area contributed by atoms with E-state index in [1.807, 2.05) is 6.07 Å². The van der Waals surface area contributed by atoms with Crippen LogP contribution in [-0.4, -0.2) is 43.8 Å². The van der Waals surface area contributed by atoms with Crippen molar-refractivity contribution in [2.45, 2.75) is 45.7 Å². The molecular weight excluding hydrogens is 348 g/mol. The average molecular weight is 379 g/mol. The van der Waals surface area contributed by atoms with E-state index >= 15 is 0 Å². The van der Waals surface area contributed by atoms with Crippen molar-refractivity contribution in [2.75, 3.05) is 24.6 Å². The van der Waals surface area contributed by atoms with Crippen molar-refractivity contribution in [3.05, 3.63) is 35.4 Å². The van der Waals surface area contributed by atoms with Crippen LogP contribution in [0.3, 0.4) is 0 Å². The topological polar surface area (TPSA) is 66.5 Å². The highest BCUT2D eigenvalue weighted by Gasteiger charge is 2.29. The van der Waals surface area contributed by atoms with E-state index in [0.717, 1.165) is 31.1 Å². The van der Waals surface area contributed by atoms with Gasteiger partial charge in [-0.1, -0.05) is 31.2 Å². The minimum Gasteiger partial charge on any atom is -0.352 e. The molecule has 6 heteroatoms. The van der Waals surface area contributed by atoms with E-state index in [9.17, 15) is 13.2 Å². The van der Waals surface area contributed by atoms with E-state index in [0.29, 0.717) is 19.4 Å². The highest BCUT2D eigenvalue weighted by atomic mass is 32.2. The average Bonchev–Trinajstić information content (AvgIpc) is 2.92. The van der Waals surface area contributed by atoms with Gasteiger partial charge in [-0.2, -0.15) is 0 Å². The summed E-state index contributed by atoms with van der Waals surface area (Å²) in [5.41, 5.74) is 2.42. The predicted molar refractivity (Wildman–Crippen MR) is 103 cm³/mol. The Balaban J connectivity index is 1.52. The maximum absolute atomic E-state index is 12.2. The third-order valence-corrected chi connectivity index (χ3v) is 7.37. The molecule has 2 unspecified atom stereocenters. The second-order valence-electron chi connectivity index (χ2n) is 8.00. The lowest BCUT2D eigenvalue weighted by molar-refractivity contribution is -0.122. The van der Waals surface area contributed by atoms with Gasteiger partial charge >= 0.3 is 0 Å². The van der Waals surface area contributed by atoms with Crippen LogP contribution in [0.5, 0.6) is 0 Å². The Morgan fingerprint density at radius 3 is 2.69 bits per heavy atom. The van der Waals surface area contributed by atoms with Crippen LogP contribution in [0.1, 0.15) is 43.7 Å². The van der Waals surface area contributed by atoms with E-state index in [-0.39, 0.29) is 23.3 Å². The fourth-order valence-electron chi connectivity index (χ4n) is 4.12. The fraction of sp³-hybridized carbons (Fsp3) is 0.650. The number of likely N-dealkylation sites (tertiary alicyclic amines) is 1. The summed E-state index contributed by atoms with van der Waals surface area (Å²) in [6.07, 6.45) is 3.49. The smallest absolute Gasteiger partial charge is 0.220 e. The molecular formula is C20H30N2O3S. The normalized spacial score (nSPS) is 25.9. The summed E-state index contributed by atoms with van der Waals surface area (Å²) in [5, 5.41) is 2.99. The van der Waals surface area contributed by atoms with Crippen LogP contribution in [0.2, 0.25) is 0 Å². The van der Waals surface area contributed by atoms with E-state index in [1.54, 1.807) is 0 Å². The predicted octanol–water partition coefficient (Wildman–Crippen LogP) is 2.36. The minimum absolute atomic E-state index is 0.0231. The van der Waals surface area contributed by atoms with Crippen LogP contribution >= 0.6 is 0 Å². The zero-order valence-electron chi connectivity index (χ0n) is 15.6. The van der Waals surface area contributed by atoms with Gasteiger partial charge in [0.25, 0.3) is 0 Å². The standard InChI is InChI=1S/C20H30N2O3S/c1-16-5-4-9-22(13-16)14-19-7-3-2-6-18(19)12-21-20(23)11-17-8-10-26(24,25)15-17/h2-3,6-7,16-17H,4-5,8-15H2,1H3,(H,21,23). The molecule has 2 heterocycles. The number of amides is 1. The van der Waals surface area contributed by atoms with E-state index in [4.69, 9.17) is 0 Å². The largest absolute Gasteiger partial charge is 0.352 e. The van der Waals surface area contributed by atoms with Gasteiger partial charge in [-0.15, -0.1) is 0 Å². The minimum atomic E-state index is -2.92. The summed E-state index contributed by atoms with van der Waals surface area (Å²) < 4.78 is 23.0. The van der Waals surface area contributed by atoms with Gasteiger partial charge in [-0.3, -0.25) is 9.69 Å². The summed E-state index contributed by atoms with van der Waals surface area (Å²) in [4.78, 5) is 14.7. The lowest BCUT2D eigenvalue weighted by Crippen LogP contribution is -2.34. The molecule has 0 bridgehead atoms. The fourth-order valence-corrected chi connectivity index (χ4v) is 5.98. The van der Waals surface area contributed by atoms with E-state index in [2.05, 4.69) is 35.3 Å². The Morgan fingerprint density at radius 1 is 1.23 bits per heavy atom. The van der Waals surface area contributed by atoms with E-state index in [1.165, 1.54) is 18.4 Å². The van der Waals surface area contributed by atoms with E-state index < -0.39 is 9.84 Å². The molecule has 0 radical (unpaired) electrons. The summed E-state index contributed by atoms with van der Waals surface area (Å²) in [7, 11) is -2.92. The molecule has 0 aromatic heterocycles. The highest BCUT2D eigenvalue weighted by molar-refractivity contribution is 7.91. The van der Waals surface area contributed by atoms with Gasteiger partial charge in [0.15, 0.2) is 9.84 Å². The number of carbonyl (C=O) groups is 1. The zero-order chi connectivity index (χ0) is 18.6. The van der Waals surface area contributed by atoms with Gasteiger partial charge in [-0.25, -0.2) is 8.42 Å². The van der Waals surface area contributed by atoms with Crippen molar-refractivity contribution in [3.63, 3.8) is 0 Å². The number of carbonyl (C=O) groups excluding carboxylic acids is 1. The van der Waals surface area contributed by atoms with Gasteiger partial charge in [0.1, 0.15) is 0 Å². The molecule has 1 aromatic rings. The van der Waals surface area contributed by atoms with Crippen LogP contribution in [0.25, 0.3) is 0 Å². The first-order valence-electron chi connectivity index (χ1n) is 9.67. The van der Waals surface area contributed by atoms with Crippen molar-refractivity contribution >= 4 is 15.7 Å². The zero-order valence-corrected chi connectivity index (χ0v) is 16.4. The summed E-state index contributed by atoms with van der Waals surface area (Å²) in [6, 6.07) is 8.28. The molecule has 2 atom stereocenters. The van der Waals surface area contributed by atoms with Crippen LogP contribution in [-0.2, 0) is 27.7 Å². The number of sulfone groups is 1. The van der Waals surface area contributed by atoms with Gasteiger partial charge in [0.05, 0.1) is 11.5 Å². The molecule has 0 spiro atoms. The number of nitrogens with one attached hydrogen (secondary N) is 1. The maximum atomic E-state index is 12.2. The van der Waals surface area contributed by atoms with Gasteiger partial charge in [-0.05, 0) is 48.8 Å². The molecule has 0 aliphatic carbocycles. The van der Waals surface area contributed by atoms with Crippen molar-refractivity contribution in [3.8, 4) is 0 Å². The molecule has 0 saturated carbocycles. The SMILES string of the molecule is CC1CCCN(Cc2ccccc2CNC(=O)CC2CCS(=O)(=O)C2)C1. The number of nitrogens with zero attached hydrogens (tertiary/aromatic N) is 1. The molecule has 2 fully saturated rings. The molecule has 1 N–H and O–H groups in total. The first-order valence-corrected chi connectivity index (χ1v) is 11.5. The molecule has 1 aromatic carbocycles. The van der Waals surface area contributed by atoms with Gasteiger partial charge in [0.2, 0.25) is 5.91 Å². The Morgan fingerprint density at radius 2 is 2.00 bits per heavy atom. The van der Waals surface area contributed by atoms with Gasteiger partial charge in [0, 0.05) is 26.1 Å². The van der Waals surface area contributed by atoms with Gasteiger partial charge < -0.3 is 5.32 Å². The summed E-state index contributed by atoms with van der Waals surface area (Å²) >= 11 is 0. The van der Waals surface area contributed by atoms with Crippen molar-refractivity contribution in [1.82, 2.24) is 10.2 Å². The third kappa shape index (κ3) is 5.55. The van der Waals surface area contributed by atoms with Crippen LogP contribution in [0.4, 0.5) is 0 Å². The summed E-state index contributed by atoms with van der Waals surface area (Å²) in [6.45, 7) is 6.02. The molecule has 5 nitrogen and oxygen atoms in total. The Labute approximate surface area is 157 Å². The quantitative estimate of drug-likeness (QED) is 0.825. The third-order valence-electron chi connectivity index (χ3n) is 5.53. The Bertz CT molecular complexity index is 732. The van der Waals surface area contributed by atoms with Crippen LogP contribution in [0, 0.1) is 11.8 Å². The molecule has 2 aliphatic heterocycles. The van der Waals surface area contributed by atoms with Crippen molar-refractivity contribution < 1.29 is 13.2 Å².